The summed E-state index contributed by atoms with van der Waals surface area (Å²) >= 11 is 0. The summed E-state index contributed by atoms with van der Waals surface area (Å²) < 4.78 is 39.6. The van der Waals surface area contributed by atoms with Crippen LogP contribution in [0.4, 0.5) is 0 Å². The Morgan fingerprint density at radius 2 is 1.10 bits per heavy atom. The van der Waals surface area contributed by atoms with Crippen LogP contribution in [0.1, 0.15) is 39.9 Å². The second-order valence-corrected chi connectivity index (χ2v) is 9.77. The Bertz CT molecular complexity index is 1330. The average molecular weight is 536 g/mol. The molecule has 2 aliphatic heterocycles. The fraction of sp³-hybridized carbons (Fsp3) is 0.419. The molecule has 0 radical (unpaired) electrons. The van der Waals surface area contributed by atoms with Crippen LogP contribution in [0.5, 0.6) is 40.2 Å². The maximum absolute atomic E-state index is 5.72. The predicted octanol–water partition coefficient (Wildman–Crippen LogP) is 5.19. The molecule has 208 valence electrons. The zero-order valence-corrected chi connectivity index (χ0v) is 23.8. The zero-order chi connectivity index (χ0) is 27.7. The normalized spacial score (nSPS) is 17.8. The molecule has 0 N–H and O–H groups in total. The van der Waals surface area contributed by atoms with Crippen LogP contribution < -0.4 is 33.2 Å². The Morgan fingerprint density at radius 3 is 1.64 bits per heavy atom. The lowest BCUT2D eigenvalue weighted by atomic mass is 9.79. The van der Waals surface area contributed by atoms with E-state index in [4.69, 9.17) is 33.2 Å². The number of rotatable bonds is 9. The van der Waals surface area contributed by atoms with Crippen LogP contribution in [0.3, 0.4) is 0 Å². The van der Waals surface area contributed by atoms with Gasteiger partial charge in [-0.05, 0) is 83.5 Å². The van der Waals surface area contributed by atoms with Crippen molar-refractivity contribution in [1.82, 2.24) is 4.90 Å². The van der Waals surface area contributed by atoms with Gasteiger partial charge in [0.05, 0.1) is 49.8 Å². The minimum absolute atomic E-state index is 0.0857. The quantitative estimate of drug-likeness (QED) is 0.371. The van der Waals surface area contributed by atoms with E-state index in [1.54, 1.807) is 49.8 Å². The summed E-state index contributed by atoms with van der Waals surface area (Å²) in [5.74, 6) is 4.86. The minimum Gasteiger partial charge on any atom is -0.493 e. The van der Waals surface area contributed by atoms with Gasteiger partial charge in [-0.3, -0.25) is 4.90 Å². The highest BCUT2D eigenvalue weighted by Gasteiger charge is 2.40. The molecule has 2 atom stereocenters. The Balaban J connectivity index is 1.64. The van der Waals surface area contributed by atoms with Crippen LogP contribution in [0.15, 0.2) is 36.4 Å². The van der Waals surface area contributed by atoms with Crippen LogP contribution in [-0.2, 0) is 19.3 Å². The molecule has 3 aromatic carbocycles. The standard InChI is InChI=1S/C31H37NO7/c1-33-25-14-19-8-9-32-23(10-18-11-29(37-5)31(39-7)30(12-18)38-6)22-17-28(36-4)26(34-2)15-20(22)13-24(32)21(19)16-27(25)35-3/h11-12,14-17,23-24H,8-10,13H2,1-7H3/t23-,24-/m1/s1. The van der Waals surface area contributed by atoms with Crippen molar-refractivity contribution in [2.45, 2.75) is 31.3 Å². The number of ether oxygens (including phenoxy) is 7. The van der Waals surface area contributed by atoms with Gasteiger partial charge in [0.1, 0.15) is 0 Å². The molecule has 0 amide bonds. The lowest BCUT2D eigenvalue weighted by Crippen LogP contribution is -2.43. The number of benzene rings is 3. The van der Waals surface area contributed by atoms with Crippen molar-refractivity contribution in [2.24, 2.45) is 0 Å². The second kappa shape index (κ2) is 11.1. The molecule has 2 aliphatic rings. The van der Waals surface area contributed by atoms with Crippen LogP contribution in [0, 0.1) is 0 Å². The van der Waals surface area contributed by atoms with E-state index in [-0.39, 0.29) is 12.1 Å². The third-order valence-electron chi connectivity index (χ3n) is 8.02. The van der Waals surface area contributed by atoms with Gasteiger partial charge in [0.2, 0.25) is 5.75 Å². The van der Waals surface area contributed by atoms with Crippen molar-refractivity contribution < 1.29 is 33.2 Å². The molecule has 5 rings (SSSR count). The maximum Gasteiger partial charge on any atom is 0.203 e. The van der Waals surface area contributed by atoms with E-state index < -0.39 is 0 Å². The van der Waals surface area contributed by atoms with E-state index in [1.165, 1.54) is 22.3 Å². The number of hydrogen-bond acceptors (Lipinski definition) is 8. The Morgan fingerprint density at radius 1 is 0.590 bits per heavy atom. The van der Waals surface area contributed by atoms with Gasteiger partial charge in [0.15, 0.2) is 34.5 Å². The molecular weight excluding hydrogens is 498 g/mol. The van der Waals surface area contributed by atoms with Crippen molar-refractivity contribution in [3.05, 3.63) is 64.2 Å². The van der Waals surface area contributed by atoms with Crippen molar-refractivity contribution >= 4 is 0 Å². The Hall–Kier alpha value is -3.78. The lowest BCUT2D eigenvalue weighted by Gasteiger charge is -2.47. The van der Waals surface area contributed by atoms with E-state index in [0.29, 0.717) is 17.2 Å². The highest BCUT2D eigenvalue weighted by Crippen LogP contribution is 2.50. The monoisotopic (exact) mass is 535 g/mol. The lowest BCUT2D eigenvalue weighted by molar-refractivity contribution is 0.105. The second-order valence-electron chi connectivity index (χ2n) is 9.77. The Kier molecular flexibility index (Phi) is 7.66. The largest absolute Gasteiger partial charge is 0.493 e. The fourth-order valence-corrected chi connectivity index (χ4v) is 6.16. The molecule has 3 aromatic rings. The summed E-state index contributed by atoms with van der Waals surface area (Å²) in [6.45, 7) is 0.913. The van der Waals surface area contributed by atoms with Gasteiger partial charge in [-0.25, -0.2) is 0 Å². The average Bonchev–Trinajstić information content (AvgIpc) is 2.98. The fourth-order valence-electron chi connectivity index (χ4n) is 6.16. The van der Waals surface area contributed by atoms with E-state index in [9.17, 15) is 0 Å². The van der Waals surface area contributed by atoms with Crippen LogP contribution in [0.2, 0.25) is 0 Å². The summed E-state index contributed by atoms with van der Waals surface area (Å²) in [6.07, 6.45) is 2.52. The molecule has 0 unspecified atom stereocenters. The van der Waals surface area contributed by atoms with E-state index in [0.717, 1.165) is 54.4 Å². The molecule has 0 bridgehead atoms. The zero-order valence-electron chi connectivity index (χ0n) is 23.8. The molecule has 8 nitrogen and oxygen atoms in total. The summed E-state index contributed by atoms with van der Waals surface area (Å²) in [7, 11) is 11.6. The SMILES string of the molecule is COc1cc2c(cc1OC)[C@@H](Cc1cc(OC)c(OC)c(OC)c1)N1CCc3cc(OC)c(OC)cc3[C@H]1C2. The predicted molar refractivity (Wildman–Crippen MR) is 148 cm³/mol. The summed E-state index contributed by atoms with van der Waals surface area (Å²) in [4.78, 5) is 2.60. The third-order valence-corrected chi connectivity index (χ3v) is 8.02. The van der Waals surface area contributed by atoms with Crippen LogP contribution in [0.25, 0.3) is 0 Å². The minimum atomic E-state index is 0.0857. The molecule has 39 heavy (non-hydrogen) atoms. The smallest absolute Gasteiger partial charge is 0.203 e. The molecule has 0 saturated carbocycles. The highest BCUT2D eigenvalue weighted by atomic mass is 16.5. The third kappa shape index (κ3) is 4.67. The number of nitrogens with zero attached hydrogens (tertiary/aromatic N) is 1. The Labute approximate surface area is 230 Å². The summed E-state index contributed by atoms with van der Waals surface area (Å²) in [5, 5.41) is 0. The molecule has 0 fully saturated rings. The van der Waals surface area contributed by atoms with Gasteiger partial charge < -0.3 is 33.2 Å². The van der Waals surface area contributed by atoms with Gasteiger partial charge in [0.25, 0.3) is 0 Å². The molecule has 2 heterocycles. The molecule has 0 spiro atoms. The first-order chi connectivity index (χ1) is 19.0. The van der Waals surface area contributed by atoms with E-state index in [1.807, 2.05) is 12.1 Å². The first kappa shape index (κ1) is 26.8. The van der Waals surface area contributed by atoms with E-state index >= 15 is 0 Å². The molecule has 0 aliphatic carbocycles. The van der Waals surface area contributed by atoms with Gasteiger partial charge in [0, 0.05) is 18.6 Å². The van der Waals surface area contributed by atoms with Crippen molar-refractivity contribution in [3.63, 3.8) is 0 Å². The van der Waals surface area contributed by atoms with Gasteiger partial charge in [-0.1, -0.05) is 0 Å². The van der Waals surface area contributed by atoms with Crippen molar-refractivity contribution in [1.29, 1.82) is 0 Å². The topological polar surface area (TPSA) is 67.9 Å². The molecule has 8 heteroatoms. The van der Waals surface area contributed by atoms with E-state index in [2.05, 4.69) is 29.2 Å². The first-order valence-electron chi connectivity index (χ1n) is 13.0. The highest BCUT2D eigenvalue weighted by molar-refractivity contribution is 5.56. The van der Waals surface area contributed by atoms with Crippen molar-refractivity contribution in [2.75, 3.05) is 56.3 Å². The summed E-state index contributed by atoms with van der Waals surface area (Å²) in [6, 6.07) is 12.9. The number of fused-ring (bicyclic) bond motifs is 4. The van der Waals surface area contributed by atoms with Gasteiger partial charge >= 0.3 is 0 Å². The van der Waals surface area contributed by atoms with Crippen molar-refractivity contribution in [3.8, 4) is 40.2 Å². The van der Waals surface area contributed by atoms with Crippen LogP contribution in [-0.4, -0.2) is 61.2 Å². The van der Waals surface area contributed by atoms with Crippen LogP contribution >= 0.6 is 0 Å². The first-order valence-corrected chi connectivity index (χ1v) is 13.0. The van der Waals surface area contributed by atoms with Gasteiger partial charge in [-0.2, -0.15) is 0 Å². The summed E-state index contributed by atoms with van der Waals surface area (Å²) in [5.41, 5.74) is 6.14. The van der Waals surface area contributed by atoms with Gasteiger partial charge in [-0.15, -0.1) is 0 Å². The maximum atomic E-state index is 5.72. The molecular formula is C31H37NO7. The molecule has 0 saturated heterocycles. The molecule has 0 aromatic heterocycles. The number of methoxy groups -OCH3 is 7. The number of hydrogen-bond donors (Lipinski definition) is 0.